The van der Waals surface area contributed by atoms with Gasteiger partial charge in [-0.15, -0.1) is 0 Å². The zero-order valence-corrected chi connectivity index (χ0v) is 27.5. The highest BCUT2D eigenvalue weighted by Crippen LogP contribution is 2.46. The van der Waals surface area contributed by atoms with Crippen molar-refractivity contribution < 1.29 is 38.4 Å². The minimum absolute atomic E-state index is 0.0887. The highest BCUT2D eigenvalue weighted by Gasteiger charge is 2.66. The van der Waals surface area contributed by atoms with Crippen LogP contribution in [0.5, 0.6) is 0 Å². The number of unbranched alkanes of at least 4 members (excludes halogenated alkanes) is 7. The number of fused-ring (bicyclic) bond motifs is 1. The Labute approximate surface area is 268 Å². The van der Waals surface area contributed by atoms with E-state index in [-0.39, 0.29) is 13.0 Å². The second-order valence-electron chi connectivity index (χ2n) is 13.1. The number of nitrogens with zero attached hydrogens (tertiary/aromatic N) is 1. The van der Waals surface area contributed by atoms with E-state index in [1.807, 2.05) is 13.8 Å². The van der Waals surface area contributed by atoms with Crippen molar-refractivity contribution in [2.24, 2.45) is 0 Å². The van der Waals surface area contributed by atoms with E-state index < -0.39 is 41.9 Å². The van der Waals surface area contributed by atoms with Crippen molar-refractivity contribution in [3.8, 4) is 0 Å². The van der Waals surface area contributed by atoms with Crippen molar-refractivity contribution in [3.05, 3.63) is 29.8 Å². The Bertz CT molecular complexity index is 1050. The SMILES string of the molecule is CCCCCCCCCCOC[C@@]12O[C@@H](CNCCN3CCCC3)[C@@H](OC(=O)Nc3ccc(CC(=O)O)cc3)[C@@H]1OC(C)(C)O2. The molecule has 1 aromatic carbocycles. The molecule has 0 aliphatic carbocycles. The third-order valence-corrected chi connectivity index (χ3v) is 8.67. The standard InChI is InChI=1S/C34H55N3O8/c1-4-5-6-7-8-9-10-13-22-41-25-34-31(44-33(2,3)45-34)30(28(43-34)24-35-18-21-37-19-11-12-20-37)42-32(40)36-27-16-14-26(15-17-27)23-29(38)39/h14-17,28,30-31,35H,4-13,18-25H2,1-3H3,(H,36,40)(H,38,39)/t28-,30+,31-,34-/m0/s1. The van der Waals surface area contributed by atoms with Crippen molar-refractivity contribution >= 4 is 17.7 Å². The van der Waals surface area contributed by atoms with E-state index in [2.05, 4.69) is 22.5 Å². The van der Waals surface area contributed by atoms with Crippen molar-refractivity contribution in [2.75, 3.05) is 51.3 Å². The van der Waals surface area contributed by atoms with Gasteiger partial charge in [-0.2, -0.15) is 0 Å². The molecule has 3 N–H and O–H groups in total. The molecule has 0 radical (unpaired) electrons. The average molecular weight is 634 g/mol. The molecule has 254 valence electrons. The highest BCUT2D eigenvalue weighted by molar-refractivity contribution is 5.85. The van der Waals surface area contributed by atoms with E-state index in [0.29, 0.717) is 24.4 Å². The zero-order chi connectivity index (χ0) is 32.1. The summed E-state index contributed by atoms with van der Waals surface area (Å²) in [6.07, 6.45) is 9.56. The number of aliphatic carboxylic acids is 1. The summed E-state index contributed by atoms with van der Waals surface area (Å²) in [4.78, 5) is 26.6. The summed E-state index contributed by atoms with van der Waals surface area (Å²) in [5.74, 6) is -3.06. The molecule has 4 atom stereocenters. The van der Waals surface area contributed by atoms with Crippen LogP contribution in [-0.4, -0.2) is 97.9 Å². The number of likely N-dealkylation sites (tertiary alicyclic amines) is 1. The Morgan fingerprint density at radius 3 is 2.38 bits per heavy atom. The smallest absolute Gasteiger partial charge is 0.412 e. The van der Waals surface area contributed by atoms with Gasteiger partial charge < -0.3 is 39.0 Å². The van der Waals surface area contributed by atoms with Gasteiger partial charge in [0.05, 0.1) is 6.42 Å². The molecular weight excluding hydrogens is 578 g/mol. The van der Waals surface area contributed by atoms with Gasteiger partial charge in [0.25, 0.3) is 0 Å². The summed E-state index contributed by atoms with van der Waals surface area (Å²) in [6, 6.07) is 6.65. The van der Waals surface area contributed by atoms with Crippen LogP contribution < -0.4 is 10.6 Å². The molecule has 0 spiro atoms. The van der Waals surface area contributed by atoms with Crippen molar-refractivity contribution in [3.63, 3.8) is 0 Å². The summed E-state index contributed by atoms with van der Waals surface area (Å²) in [5, 5.41) is 15.3. The van der Waals surface area contributed by atoms with Gasteiger partial charge >= 0.3 is 12.1 Å². The number of carbonyl (C=O) groups excluding carboxylic acids is 1. The van der Waals surface area contributed by atoms with Gasteiger partial charge in [-0.3, -0.25) is 10.1 Å². The lowest BCUT2D eigenvalue weighted by Gasteiger charge is -2.29. The van der Waals surface area contributed by atoms with Gasteiger partial charge in [0, 0.05) is 31.9 Å². The van der Waals surface area contributed by atoms with Crippen LogP contribution >= 0.6 is 0 Å². The molecular formula is C34H55N3O8. The maximum atomic E-state index is 13.1. The lowest BCUT2D eigenvalue weighted by Crippen LogP contribution is -2.46. The molecule has 1 aromatic rings. The minimum Gasteiger partial charge on any atom is -0.481 e. The Morgan fingerprint density at radius 2 is 1.69 bits per heavy atom. The van der Waals surface area contributed by atoms with Crippen LogP contribution in [0.2, 0.25) is 0 Å². The Morgan fingerprint density at radius 1 is 1.00 bits per heavy atom. The van der Waals surface area contributed by atoms with E-state index in [0.717, 1.165) is 39.0 Å². The molecule has 0 unspecified atom stereocenters. The van der Waals surface area contributed by atoms with Gasteiger partial charge in [-0.05, 0) is 63.9 Å². The highest BCUT2D eigenvalue weighted by atomic mass is 16.9. The molecule has 1 amide bonds. The predicted octanol–water partition coefficient (Wildman–Crippen LogP) is 5.32. The van der Waals surface area contributed by atoms with Crippen LogP contribution in [-0.2, 0) is 34.9 Å². The quantitative estimate of drug-likeness (QED) is 0.162. The number of carboxylic acids is 1. The van der Waals surface area contributed by atoms with E-state index in [1.165, 1.54) is 51.4 Å². The van der Waals surface area contributed by atoms with Crippen LogP contribution in [0.4, 0.5) is 10.5 Å². The van der Waals surface area contributed by atoms with Crippen molar-refractivity contribution in [1.29, 1.82) is 0 Å². The summed E-state index contributed by atoms with van der Waals surface area (Å²) in [5.41, 5.74) is 1.14. The molecule has 0 bridgehead atoms. The fourth-order valence-electron chi connectivity index (χ4n) is 6.45. The monoisotopic (exact) mass is 633 g/mol. The zero-order valence-electron chi connectivity index (χ0n) is 27.5. The normalized spacial score (nSPS) is 25.8. The van der Waals surface area contributed by atoms with Gasteiger partial charge in [0.2, 0.25) is 5.79 Å². The maximum absolute atomic E-state index is 13.1. The molecule has 45 heavy (non-hydrogen) atoms. The molecule has 0 aromatic heterocycles. The molecule has 3 fully saturated rings. The van der Waals surface area contributed by atoms with Crippen LogP contribution in [0, 0.1) is 0 Å². The predicted molar refractivity (Wildman–Crippen MR) is 171 cm³/mol. The largest absolute Gasteiger partial charge is 0.481 e. The van der Waals surface area contributed by atoms with Crippen LogP contribution in [0.25, 0.3) is 0 Å². The number of carboxylic acid groups (broad SMARTS) is 1. The number of rotatable bonds is 20. The van der Waals surface area contributed by atoms with Crippen LogP contribution in [0.3, 0.4) is 0 Å². The number of amides is 1. The third kappa shape index (κ3) is 11.2. The van der Waals surface area contributed by atoms with E-state index in [1.54, 1.807) is 24.3 Å². The first-order valence-corrected chi connectivity index (χ1v) is 17.0. The molecule has 11 heteroatoms. The lowest BCUT2D eigenvalue weighted by molar-refractivity contribution is -0.277. The average Bonchev–Trinajstić information content (AvgIpc) is 3.66. The lowest BCUT2D eigenvalue weighted by atomic mass is 10.1. The number of anilines is 1. The van der Waals surface area contributed by atoms with E-state index in [4.69, 9.17) is 28.8 Å². The van der Waals surface area contributed by atoms with Crippen molar-refractivity contribution in [2.45, 2.75) is 121 Å². The molecule has 3 saturated heterocycles. The first-order chi connectivity index (χ1) is 21.7. The maximum Gasteiger partial charge on any atom is 0.412 e. The molecule has 3 heterocycles. The number of hydrogen-bond acceptors (Lipinski definition) is 9. The van der Waals surface area contributed by atoms with Gasteiger partial charge in [-0.25, -0.2) is 4.79 Å². The minimum atomic E-state index is -1.20. The summed E-state index contributed by atoms with van der Waals surface area (Å²) >= 11 is 0. The topological polar surface area (TPSA) is 128 Å². The summed E-state index contributed by atoms with van der Waals surface area (Å²) in [6.45, 7) is 11.1. The van der Waals surface area contributed by atoms with Crippen LogP contribution in [0.15, 0.2) is 24.3 Å². The summed E-state index contributed by atoms with van der Waals surface area (Å²) in [7, 11) is 0. The number of ether oxygens (including phenoxy) is 5. The third-order valence-electron chi connectivity index (χ3n) is 8.67. The fraction of sp³-hybridized carbons (Fsp3) is 0.765. The summed E-state index contributed by atoms with van der Waals surface area (Å²) < 4.78 is 31.4. The van der Waals surface area contributed by atoms with Crippen LogP contribution in [0.1, 0.15) is 90.5 Å². The van der Waals surface area contributed by atoms with Gasteiger partial charge in [0.15, 0.2) is 18.0 Å². The number of benzene rings is 1. The second kappa shape index (κ2) is 17.6. The Kier molecular flexibility index (Phi) is 13.9. The van der Waals surface area contributed by atoms with Gasteiger partial charge in [-0.1, -0.05) is 64.0 Å². The second-order valence-corrected chi connectivity index (χ2v) is 13.1. The fourth-order valence-corrected chi connectivity index (χ4v) is 6.45. The molecule has 4 rings (SSSR count). The first-order valence-electron chi connectivity index (χ1n) is 17.0. The molecule has 3 aliphatic heterocycles. The number of hydrogen-bond donors (Lipinski definition) is 3. The Hall–Kier alpha value is -2.28. The number of nitrogens with one attached hydrogen (secondary N) is 2. The van der Waals surface area contributed by atoms with Gasteiger partial charge in [0.1, 0.15) is 12.7 Å². The Balaban J connectivity index is 1.35. The number of carbonyl (C=O) groups is 2. The van der Waals surface area contributed by atoms with E-state index in [9.17, 15) is 9.59 Å². The molecule has 11 nitrogen and oxygen atoms in total. The molecule has 0 saturated carbocycles. The van der Waals surface area contributed by atoms with Crippen molar-refractivity contribution in [1.82, 2.24) is 10.2 Å². The molecule has 3 aliphatic rings. The van der Waals surface area contributed by atoms with E-state index >= 15 is 0 Å². The first kappa shape index (κ1) is 35.6.